The molecule has 49 heavy (non-hydrogen) atoms. The predicted molar refractivity (Wildman–Crippen MR) is 185 cm³/mol. The van der Waals surface area contributed by atoms with Gasteiger partial charge < -0.3 is 36.8 Å². The van der Waals surface area contributed by atoms with Crippen LogP contribution in [-0.2, 0) is 50.5 Å². The number of methoxy groups -OCH3 is 1. The van der Waals surface area contributed by atoms with E-state index in [0.717, 1.165) is 0 Å². The van der Waals surface area contributed by atoms with Crippen molar-refractivity contribution in [3.63, 3.8) is 0 Å². The Morgan fingerprint density at radius 2 is 1.59 bits per heavy atom. The fourth-order valence-electron chi connectivity index (χ4n) is 4.74. The van der Waals surface area contributed by atoms with Gasteiger partial charge in [0.15, 0.2) is 6.23 Å². The van der Waals surface area contributed by atoms with Gasteiger partial charge in [-0.05, 0) is 55.4 Å². The maximum Gasteiger partial charge on any atom is 0.400 e. The predicted octanol–water partition coefficient (Wildman–Crippen LogP) is 5.51. The summed E-state index contributed by atoms with van der Waals surface area (Å²) in [7, 11) is -0.378. The van der Waals surface area contributed by atoms with Gasteiger partial charge in [-0.25, -0.2) is 18.6 Å². The minimum atomic E-state index is -4.23. The summed E-state index contributed by atoms with van der Waals surface area (Å²) in [6, 6.07) is 1.95. The number of nitrogens with zero attached hydrogens (tertiary/aromatic N) is 3. The van der Waals surface area contributed by atoms with Crippen LogP contribution in [0.4, 0.5) is 0 Å². The lowest BCUT2D eigenvalue weighted by Crippen LogP contribution is -2.43. The largest absolute Gasteiger partial charge is 0.400 e. The third-order valence-electron chi connectivity index (χ3n) is 6.64. The monoisotopic (exact) mass is 776 g/mol. The summed E-state index contributed by atoms with van der Waals surface area (Å²) >= 11 is 0.338. The number of aromatic amines is 1. The minimum absolute atomic E-state index is 0.0190. The Morgan fingerprint density at radius 1 is 1.00 bits per heavy atom. The van der Waals surface area contributed by atoms with Crippen LogP contribution in [0.15, 0.2) is 15.8 Å². The second-order valence-electron chi connectivity index (χ2n) is 11.0. The van der Waals surface area contributed by atoms with Gasteiger partial charge in [-0.2, -0.15) is 5.26 Å². The lowest BCUT2D eigenvalue weighted by molar-refractivity contribution is -0.0807. The lowest BCUT2D eigenvalue weighted by Gasteiger charge is -2.38. The van der Waals surface area contributed by atoms with Crippen molar-refractivity contribution in [1.29, 1.82) is 5.26 Å². The number of nitrogens with one attached hydrogen (secondary N) is 1. The van der Waals surface area contributed by atoms with Gasteiger partial charge in [0.2, 0.25) is 0 Å². The summed E-state index contributed by atoms with van der Waals surface area (Å²) in [5, 5.41) is 9.21. The van der Waals surface area contributed by atoms with E-state index in [1.54, 1.807) is 20.8 Å². The standard InChI is InChI=1S/C28H51N4O13P3S/c1-10-40-47(35,41-11-2)49-48(36,42-12-3)43-19-23-24(45-46(39-15-13-14-29)32(20(4)5)21(6)7)25(38-17-16-37-9)27(44-23)31-18-22(8)26(33)30-28(31)34/h18,20-21,23-25,27H,10-13,15-17,19H2,1-9H3,(H,30,33,34)/t23?,24-,25-,27-,46?,48?/m1/s1. The summed E-state index contributed by atoms with van der Waals surface area (Å²) in [4.78, 5) is 27.7. The molecule has 1 fully saturated rings. The average Bonchev–Trinajstić information content (AvgIpc) is 3.34. The Kier molecular flexibility index (Phi) is 19.4. The summed E-state index contributed by atoms with van der Waals surface area (Å²) in [6.07, 6.45) is -2.86. The van der Waals surface area contributed by atoms with Crippen molar-refractivity contribution in [3.05, 3.63) is 32.6 Å². The zero-order valence-corrected chi connectivity index (χ0v) is 33.1. The van der Waals surface area contributed by atoms with E-state index in [1.165, 1.54) is 24.8 Å². The van der Waals surface area contributed by atoms with Gasteiger partial charge in [-0.1, -0.05) is 0 Å². The number of nitriles is 1. The molecule has 17 nitrogen and oxygen atoms in total. The molecule has 1 aliphatic rings. The summed E-state index contributed by atoms with van der Waals surface area (Å²) in [6.45, 7) is 5.93. The van der Waals surface area contributed by atoms with E-state index < -0.39 is 64.5 Å². The first-order chi connectivity index (χ1) is 23.2. The number of aromatic nitrogens is 2. The quantitative estimate of drug-likeness (QED) is 0.102. The first kappa shape index (κ1) is 44.2. The number of H-pyrrole nitrogens is 1. The fraction of sp³-hybridized carbons (Fsp3) is 0.821. The zero-order valence-electron chi connectivity index (χ0n) is 29.6. The normalized spacial score (nSPS) is 21.8. The molecule has 1 saturated heterocycles. The Bertz CT molecular complexity index is 1390. The highest BCUT2D eigenvalue weighted by molar-refractivity contribution is 8.84. The summed E-state index contributed by atoms with van der Waals surface area (Å²) in [5.41, 5.74) is -1.08. The second kappa shape index (κ2) is 21.5. The van der Waals surface area contributed by atoms with E-state index in [-0.39, 0.29) is 63.7 Å². The first-order valence-corrected chi connectivity index (χ1v) is 22.3. The molecule has 0 amide bonds. The second-order valence-corrected chi connectivity index (χ2v) is 20.0. The minimum Gasteiger partial charge on any atom is -0.382 e. The Balaban J connectivity index is 2.66. The number of hydrogen-bond acceptors (Lipinski definition) is 16. The van der Waals surface area contributed by atoms with Crippen LogP contribution < -0.4 is 11.2 Å². The Morgan fingerprint density at radius 3 is 2.12 bits per heavy atom. The average molecular weight is 777 g/mol. The maximum atomic E-state index is 14.0. The molecular formula is C28H51N4O13P3S. The van der Waals surface area contributed by atoms with Crippen molar-refractivity contribution in [2.75, 3.05) is 53.4 Å². The van der Waals surface area contributed by atoms with E-state index in [1.807, 2.05) is 32.4 Å². The third kappa shape index (κ3) is 13.2. The highest BCUT2D eigenvalue weighted by Gasteiger charge is 2.51. The van der Waals surface area contributed by atoms with Crippen LogP contribution in [0.5, 0.6) is 0 Å². The maximum absolute atomic E-state index is 14.0. The topological polar surface area (TPSA) is 199 Å². The molecule has 2 heterocycles. The first-order valence-electron chi connectivity index (χ1n) is 16.0. The van der Waals surface area contributed by atoms with Gasteiger partial charge in [-0.3, -0.25) is 18.9 Å². The van der Waals surface area contributed by atoms with E-state index in [9.17, 15) is 24.0 Å². The molecule has 3 unspecified atom stereocenters. The Hall–Kier alpha value is -0.990. The summed E-state index contributed by atoms with van der Waals surface area (Å²) < 4.78 is 83.3. The van der Waals surface area contributed by atoms with Crippen molar-refractivity contribution < 1.29 is 50.5 Å². The number of aryl methyl sites for hydroxylation is 1. The third-order valence-corrected chi connectivity index (χ3v) is 17.4. The van der Waals surface area contributed by atoms with Crippen molar-refractivity contribution in [1.82, 2.24) is 14.2 Å². The smallest absolute Gasteiger partial charge is 0.382 e. The van der Waals surface area contributed by atoms with Gasteiger partial charge in [0.05, 0.1) is 69.7 Å². The SMILES string of the molecule is CCOP(=O)(OCC)SP(=O)(OCC)OCC1O[C@@H](n2cc(C)c(=O)[nH]c2=O)[C@H](OCCOC)[C@@H]1OP(OCCC#N)N(C(C)C)C(C)C. The van der Waals surface area contributed by atoms with Crippen LogP contribution in [0, 0.1) is 18.3 Å². The van der Waals surface area contributed by atoms with E-state index >= 15 is 0 Å². The molecule has 1 aromatic heterocycles. The van der Waals surface area contributed by atoms with E-state index in [0.29, 0.717) is 11.0 Å². The molecule has 6 atom stereocenters. The van der Waals surface area contributed by atoms with Crippen LogP contribution in [0.25, 0.3) is 0 Å². The highest BCUT2D eigenvalue weighted by Crippen LogP contribution is 2.79. The molecule has 0 spiro atoms. The van der Waals surface area contributed by atoms with Crippen LogP contribution in [-0.4, -0.2) is 98.0 Å². The molecule has 1 N–H and O–H groups in total. The van der Waals surface area contributed by atoms with Gasteiger partial charge in [0, 0.05) is 31.0 Å². The molecule has 1 aliphatic heterocycles. The number of rotatable bonds is 24. The molecule has 2 rings (SSSR count). The number of ether oxygens (including phenoxy) is 3. The number of hydrogen-bond donors (Lipinski definition) is 1. The van der Waals surface area contributed by atoms with Crippen LogP contribution >= 0.6 is 33.1 Å². The van der Waals surface area contributed by atoms with Crippen molar-refractivity contribution in [3.8, 4) is 6.07 Å². The Labute approximate surface area is 293 Å². The molecule has 0 saturated carbocycles. The van der Waals surface area contributed by atoms with Gasteiger partial charge >= 0.3 is 19.3 Å². The molecule has 1 aromatic rings. The zero-order chi connectivity index (χ0) is 36.8. The molecule has 0 bridgehead atoms. The highest BCUT2D eigenvalue weighted by atomic mass is 33.1. The molecule has 21 heteroatoms. The summed E-state index contributed by atoms with van der Waals surface area (Å²) in [5.74, 6) is 0. The fourth-order valence-corrected chi connectivity index (χ4v) is 14.7. The van der Waals surface area contributed by atoms with E-state index in [4.69, 9.17) is 41.4 Å². The van der Waals surface area contributed by atoms with Crippen molar-refractivity contribution in [2.45, 2.75) is 98.4 Å². The van der Waals surface area contributed by atoms with Crippen LogP contribution in [0.2, 0.25) is 0 Å². The molecular weight excluding hydrogens is 725 g/mol. The molecule has 0 aromatic carbocycles. The van der Waals surface area contributed by atoms with Gasteiger partial charge in [0.25, 0.3) is 14.1 Å². The van der Waals surface area contributed by atoms with Gasteiger partial charge in [-0.15, -0.1) is 0 Å². The lowest BCUT2D eigenvalue weighted by atomic mass is 10.1. The molecule has 0 radical (unpaired) electrons. The van der Waals surface area contributed by atoms with Crippen molar-refractivity contribution >= 4 is 33.1 Å². The molecule has 0 aliphatic carbocycles. The molecule has 282 valence electrons. The van der Waals surface area contributed by atoms with Crippen LogP contribution in [0.1, 0.15) is 66.7 Å². The van der Waals surface area contributed by atoms with Crippen molar-refractivity contribution in [2.24, 2.45) is 0 Å². The van der Waals surface area contributed by atoms with Gasteiger partial charge in [0.1, 0.15) is 18.3 Å². The van der Waals surface area contributed by atoms with E-state index in [2.05, 4.69) is 11.1 Å². The van der Waals surface area contributed by atoms with Crippen LogP contribution in [0.3, 0.4) is 0 Å².